The van der Waals surface area contributed by atoms with Crippen LogP contribution < -0.4 is 4.74 Å². The van der Waals surface area contributed by atoms with Crippen LogP contribution in [0, 0.1) is 11.3 Å². The van der Waals surface area contributed by atoms with E-state index in [1.807, 2.05) is 6.07 Å². The van der Waals surface area contributed by atoms with Gasteiger partial charge in [0.15, 0.2) is 5.78 Å². The Kier molecular flexibility index (Phi) is 7.99. The highest BCUT2D eigenvalue weighted by Gasteiger charge is 2.08. The molecule has 0 saturated heterocycles. The van der Waals surface area contributed by atoms with Gasteiger partial charge in [0, 0.05) is 6.42 Å². The Balaban J connectivity index is 1.87. The van der Waals surface area contributed by atoms with E-state index in [0.717, 1.165) is 24.8 Å². The number of hydrogen-bond donors (Lipinski definition) is 0. The molecule has 0 saturated carbocycles. The van der Waals surface area contributed by atoms with Crippen molar-refractivity contribution in [1.82, 2.24) is 0 Å². The molecule has 0 radical (unpaired) electrons. The Morgan fingerprint density at radius 1 is 1.00 bits per heavy atom. The highest BCUT2D eigenvalue weighted by molar-refractivity contribution is 5.93. The van der Waals surface area contributed by atoms with Crippen molar-refractivity contribution in [2.24, 2.45) is 0 Å². The van der Waals surface area contributed by atoms with Crippen LogP contribution in [0.2, 0.25) is 0 Å². The van der Waals surface area contributed by atoms with Crippen LogP contribution in [-0.2, 0) is 4.79 Å². The van der Waals surface area contributed by atoms with Gasteiger partial charge in [-0.25, -0.2) is 4.79 Å². The molecule has 0 amide bonds. The first-order chi connectivity index (χ1) is 13.1. The molecule has 4 heteroatoms. The molecule has 0 aliphatic rings. The molecule has 27 heavy (non-hydrogen) atoms. The zero-order valence-corrected chi connectivity index (χ0v) is 15.5. The van der Waals surface area contributed by atoms with Gasteiger partial charge in [-0.1, -0.05) is 44.4 Å². The molecule has 2 rings (SSSR count). The zero-order chi connectivity index (χ0) is 19.5. The number of nitriles is 1. The van der Waals surface area contributed by atoms with Crippen molar-refractivity contribution in [3.63, 3.8) is 0 Å². The first-order valence-corrected chi connectivity index (χ1v) is 9.15. The normalized spacial score (nSPS) is 10.5. The minimum Gasteiger partial charge on any atom is -0.423 e. The zero-order valence-electron chi connectivity index (χ0n) is 15.5. The second kappa shape index (κ2) is 10.7. The van der Waals surface area contributed by atoms with Crippen molar-refractivity contribution in [2.75, 3.05) is 0 Å². The molecule has 138 valence electrons. The van der Waals surface area contributed by atoms with Crippen molar-refractivity contribution in [3.8, 4) is 11.8 Å². The predicted molar refractivity (Wildman–Crippen MR) is 105 cm³/mol. The number of benzene rings is 2. The molecule has 0 N–H and O–H groups in total. The van der Waals surface area contributed by atoms with Crippen LogP contribution in [0.1, 0.15) is 60.5 Å². The summed E-state index contributed by atoms with van der Waals surface area (Å²) in [6.45, 7) is 2.15. The number of hydrogen-bond acceptors (Lipinski definition) is 4. The third kappa shape index (κ3) is 6.91. The van der Waals surface area contributed by atoms with E-state index in [0.29, 0.717) is 23.3 Å². The molecule has 0 atom stereocenters. The molecule has 0 aromatic heterocycles. The summed E-state index contributed by atoms with van der Waals surface area (Å²) in [6.07, 6.45) is 8.30. The standard InChI is InChI=1S/C23H23NO3/c1-2-3-4-5-6-21(25)14-9-18-10-15-22(16-11-18)27-23(26)20-12-7-19(17-24)8-13-20/h7-16H,2-6H2,1H3/b14-9-. The van der Waals surface area contributed by atoms with Gasteiger partial charge in [-0.15, -0.1) is 0 Å². The van der Waals surface area contributed by atoms with E-state index in [1.165, 1.54) is 6.42 Å². The monoisotopic (exact) mass is 361 g/mol. The number of unbranched alkanes of at least 4 members (excludes halogenated alkanes) is 3. The second-order valence-electron chi connectivity index (χ2n) is 6.26. The maximum atomic E-state index is 12.1. The van der Waals surface area contributed by atoms with Gasteiger partial charge in [0.2, 0.25) is 0 Å². The summed E-state index contributed by atoms with van der Waals surface area (Å²) in [5.74, 6) is 0.0693. The van der Waals surface area contributed by atoms with Gasteiger partial charge in [0.1, 0.15) is 5.75 Å². The average molecular weight is 361 g/mol. The summed E-state index contributed by atoms with van der Waals surface area (Å²) >= 11 is 0. The summed E-state index contributed by atoms with van der Waals surface area (Å²) < 4.78 is 5.32. The lowest BCUT2D eigenvalue weighted by atomic mass is 10.1. The van der Waals surface area contributed by atoms with Gasteiger partial charge in [-0.05, 0) is 54.5 Å². The summed E-state index contributed by atoms with van der Waals surface area (Å²) in [5, 5.41) is 8.78. The quantitative estimate of drug-likeness (QED) is 0.262. The van der Waals surface area contributed by atoms with Gasteiger partial charge < -0.3 is 4.74 Å². The third-order valence-corrected chi connectivity index (χ3v) is 4.08. The molecule has 4 nitrogen and oxygen atoms in total. The number of ketones is 1. The Hall–Kier alpha value is -3.19. The van der Waals surface area contributed by atoms with Crippen molar-refractivity contribution in [1.29, 1.82) is 5.26 Å². The van der Waals surface area contributed by atoms with Gasteiger partial charge in [0.05, 0.1) is 17.2 Å². The number of carbonyl (C=O) groups is 2. The Bertz CT molecular complexity index is 827. The molecule has 2 aromatic carbocycles. The number of ether oxygens (including phenoxy) is 1. The lowest BCUT2D eigenvalue weighted by Crippen LogP contribution is -2.08. The molecule has 0 unspecified atom stereocenters. The maximum Gasteiger partial charge on any atom is 0.343 e. The average Bonchev–Trinajstić information content (AvgIpc) is 2.70. The van der Waals surface area contributed by atoms with E-state index in [4.69, 9.17) is 10.00 Å². The lowest BCUT2D eigenvalue weighted by Gasteiger charge is -2.04. The van der Waals surface area contributed by atoms with Gasteiger partial charge in [-0.2, -0.15) is 5.26 Å². The molecule has 2 aromatic rings. The van der Waals surface area contributed by atoms with E-state index in [-0.39, 0.29) is 5.78 Å². The van der Waals surface area contributed by atoms with Crippen LogP contribution in [0.4, 0.5) is 0 Å². The minimum absolute atomic E-state index is 0.127. The molecular weight excluding hydrogens is 338 g/mol. The SMILES string of the molecule is CCCCCCC(=O)/C=C\c1ccc(OC(=O)c2ccc(C#N)cc2)cc1. The van der Waals surface area contributed by atoms with Gasteiger partial charge in [0.25, 0.3) is 0 Å². The summed E-state index contributed by atoms with van der Waals surface area (Å²) in [4.78, 5) is 23.9. The van der Waals surface area contributed by atoms with Crippen molar-refractivity contribution in [3.05, 3.63) is 71.3 Å². The highest BCUT2D eigenvalue weighted by Crippen LogP contribution is 2.16. The number of esters is 1. The van der Waals surface area contributed by atoms with Crippen LogP contribution in [0.3, 0.4) is 0 Å². The van der Waals surface area contributed by atoms with Crippen LogP contribution in [0.15, 0.2) is 54.6 Å². The fourth-order valence-electron chi connectivity index (χ4n) is 2.49. The number of allylic oxidation sites excluding steroid dienone is 1. The third-order valence-electron chi connectivity index (χ3n) is 4.08. The molecule has 0 spiro atoms. The van der Waals surface area contributed by atoms with E-state index < -0.39 is 5.97 Å². The molecule has 0 aliphatic carbocycles. The van der Waals surface area contributed by atoms with E-state index in [2.05, 4.69) is 6.92 Å². The Morgan fingerprint density at radius 2 is 1.70 bits per heavy atom. The Labute approximate surface area is 160 Å². The van der Waals surface area contributed by atoms with E-state index >= 15 is 0 Å². The molecule has 0 bridgehead atoms. The van der Waals surface area contributed by atoms with E-state index in [1.54, 1.807) is 60.7 Å². The molecular formula is C23H23NO3. The fourth-order valence-corrected chi connectivity index (χ4v) is 2.49. The minimum atomic E-state index is -0.481. The van der Waals surface area contributed by atoms with Gasteiger partial charge in [-0.3, -0.25) is 4.79 Å². The molecule has 0 heterocycles. The molecule has 0 fully saturated rings. The van der Waals surface area contributed by atoms with Crippen molar-refractivity contribution < 1.29 is 14.3 Å². The van der Waals surface area contributed by atoms with Crippen molar-refractivity contribution in [2.45, 2.75) is 39.0 Å². The van der Waals surface area contributed by atoms with Crippen LogP contribution >= 0.6 is 0 Å². The maximum absolute atomic E-state index is 12.1. The summed E-state index contributed by atoms with van der Waals surface area (Å²) in [7, 11) is 0. The van der Waals surface area contributed by atoms with Crippen LogP contribution in [0.5, 0.6) is 5.75 Å². The van der Waals surface area contributed by atoms with E-state index in [9.17, 15) is 9.59 Å². The first kappa shape index (κ1) is 20.1. The number of rotatable bonds is 9. The topological polar surface area (TPSA) is 67.2 Å². The Morgan fingerprint density at radius 3 is 2.33 bits per heavy atom. The van der Waals surface area contributed by atoms with Crippen molar-refractivity contribution >= 4 is 17.8 Å². The lowest BCUT2D eigenvalue weighted by molar-refractivity contribution is -0.114. The molecule has 0 aliphatic heterocycles. The largest absolute Gasteiger partial charge is 0.423 e. The first-order valence-electron chi connectivity index (χ1n) is 9.15. The number of carbonyl (C=O) groups excluding carboxylic acids is 2. The second-order valence-corrected chi connectivity index (χ2v) is 6.26. The van der Waals surface area contributed by atoms with Crippen LogP contribution in [-0.4, -0.2) is 11.8 Å². The summed E-state index contributed by atoms with van der Waals surface area (Å²) in [6, 6.07) is 15.2. The fraction of sp³-hybridized carbons (Fsp3) is 0.261. The van der Waals surface area contributed by atoms with Crippen LogP contribution in [0.25, 0.3) is 6.08 Å². The summed E-state index contributed by atoms with van der Waals surface area (Å²) in [5.41, 5.74) is 1.74. The van der Waals surface area contributed by atoms with Gasteiger partial charge >= 0.3 is 5.97 Å². The predicted octanol–water partition coefficient (Wildman–Crippen LogP) is 5.33. The smallest absolute Gasteiger partial charge is 0.343 e. The number of nitrogens with zero attached hydrogens (tertiary/aromatic N) is 1. The highest BCUT2D eigenvalue weighted by atomic mass is 16.5.